The molecule has 2 rings (SSSR count). The molecule has 0 radical (unpaired) electrons. The van der Waals surface area contributed by atoms with Crippen LogP contribution in [0.2, 0.25) is 0 Å². The number of benzene rings is 1. The Morgan fingerprint density at radius 2 is 1.84 bits per heavy atom. The lowest BCUT2D eigenvalue weighted by Crippen LogP contribution is -2.05. The van der Waals surface area contributed by atoms with E-state index in [1.165, 1.54) is 4.88 Å². The highest BCUT2D eigenvalue weighted by molar-refractivity contribution is 7.11. The summed E-state index contributed by atoms with van der Waals surface area (Å²) in [6.07, 6.45) is 1.98. The Bertz CT molecular complexity index is 519. The SMILES string of the molecule is COc1ccc(N[C@@H](C)c2ncc(C(C)C)s2)cc1. The maximum atomic E-state index is 5.15. The van der Waals surface area contributed by atoms with Crippen molar-refractivity contribution in [2.45, 2.75) is 32.7 Å². The summed E-state index contributed by atoms with van der Waals surface area (Å²) in [5, 5.41) is 4.58. The molecule has 0 aliphatic heterocycles. The first-order valence-corrected chi connectivity index (χ1v) is 7.28. The van der Waals surface area contributed by atoms with E-state index in [1.807, 2.05) is 30.5 Å². The third kappa shape index (κ3) is 3.47. The fraction of sp³-hybridized carbons (Fsp3) is 0.400. The minimum Gasteiger partial charge on any atom is -0.497 e. The molecule has 0 bridgehead atoms. The van der Waals surface area contributed by atoms with E-state index in [2.05, 4.69) is 31.1 Å². The lowest BCUT2D eigenvalue weighted by Gasteiger charge is -2.13. The molecular weight excluding hydrogens is 256 g/mol. The second-order valence-corrected chi connectivity index (χ2v) is 5.94. The molecule has 1 aromatic carbocycles. The van der Waals surface area contributed by atoms with Crippen molar-refractivity contribution in [3.8, 4) is 5.75 Å². The molecule has 1 heterocycles. The summed E-state index contributed by atoms with van der Waals surface area (Å²) in [5.74, 6) is 1.41. The Morgan fingerprint density at radius 3 is 2.37 bits per heavy atom. The number of nitrogens with one attached hydrogen (secondary N) is 1. The molecule has 19 heavy (non-hydrogen) atoms. The monoisotopic (exact) mass is 276 g/mol. The average molecular weight is 276 g/mol. The number of rotatable bonds is 5. The van der Waals surface area contributed by atoms with E-state index in [-0.39, 0.29) is 6.04 Å². The third-order valence-corrected chi connectivity index (χ3v) is 4.43. The number of anilines is 1. The molecule has 4 heteroatoms. The standard InChI is InChI=1S/C15H20N2OS/c1-10(2)14-9-16-15(19-14)11(3)17-12-5-7-13(18-4)8-6-12/h5-11,17H,1-4H3/t11-/m0/s1. The van der Waals surface area contributed by atoms with Crippen molar-refractivity contribution >= 4 is 17.0 Å². The summed E-state index contributed by atoms with van der Waals surface area (Å²) in [7, 11) is 1.67. The summed E-state index contributed by atoms with van der Waals surface area (Å²) in [6.45, 7) is 6.52. The number of ether oxygens (including phenoxy) is 1. The smallest absolute Gasteiger partial charge is 0.119 e. The van der Waals surface area contributed by atoms with Crippen LogP contribution in [-0.2, 0) is 0 Å². The summed E-state index contributed by atoms with van der Waals surface area (Å²) >= 11 is 1.78. The van der Waals surface area contributed by atoms with E-state index >= 15 is 0 Å². The lowest BCUT2D eigenvalue weighted by atomic mass is 10.2. The quantitative estimate of drug-likeness (QED) is 0.876. The minimum atomic E-state index is 0.214. The van der Waals surface area contributed by atoms with Gasteiger partial charge in [-0.05, 0) is 37.1 Å². The van der Waals surface area contributed by atoms with Crippen LogP contribution in [0.5, 0.6) is 5.75 Å². The van der Waals surface area contributed by atoms with Gasteiger partial charge < -0.3 is 10.1 Å². The number of thiazole rings is 1. The molecule has 1 atom stereocenters. The number of methoxy groups -OCH3 is 1. The van der Waals surface area contributed by atoms with Crippen LogP contribution in [0, 0.1) is 0 Å². The molecule has 0 saturated carbocycles. The first kappa shape index (κ1) is 13.9. The van der Waals surface area contributed by atoms with Crippen LogP contribution in [0.3, 0.4) is 0 Å². The van der Waals surface area contributed by atoms with Crippen molar-refractivity contribution < 1.29 is 4.74 Å². The van der Waals surface area contributed by atoms with Gasteiger partial charge in [0.25, 0.3) is 0 Å². The van der Waals surface area contributed by atoms with Crippen molar-refractivity contribution in [1.29, 1.82) is 0 Å². The van der Waals surface area contributed by atoms with E-state index < -0.39 is 0 Å². The van der Waals surface area contributed by atoms with Gasteiger partial charge in [-0.2, -0.15) is 0 Å². The normalized spacial score (nSPS) is 12.5. The van der Waals surface area contributed by atoms with E-state index in [0.29, 0.717) is 5.92 Å². The number of hydrogen-bond donors (Lipinski definition) is 1. The van der Waals surface area contributed by atoms with Crippen molar-refractivity contribution in [2.24, 2.45) is 0 Å². The van der Waals surface area contributed by atoms with Crippen molar-refractivity contribution in [3.05, 3.63) is 40.3 Å². The highest BCUT2D eigenvalue weighted by Gasteiger charge is 2.12. The molecule has 3 nitrogen and oxygen atoms in total. The Labute approximate surface area is 118 Å². The summed E-state index contributed by atoms with van der Waals surface area (Å²) in [4.78, 5) is 5.83. The van der Waals surface area contributed by atoms with Crippen LogP contribution < -0.4 is 10.1 Å². The number of hydrogen-bond acceptors (Lipinski definition) is 4. The van der Waals surface area contributed by atoms with Crippen LogP contribution in [0.15, 0.2) is 30.5 Å². The molecule has 0 aliphatic carbocycles. The Morgan fingerprint density at radius 1 is 1.16 bits per heavy atom. The van der Waals surface area contributed by atoms with Gasteiger partial charge in [0.05, 0.1) is 13.2 Å². The fourth-order valence-corrected chi connectivity index (χ4v) is 2.69. The summed E-state index contributed by atoms with van der Waals surface area (Å²) in [6, 6.07) is 8.16. The average Bonchev–Trinajstić information content (AvgIpc) is 2.89. The van der Waals surface area contributed by atoms with Gasteiger partial charge in [-0.3, -0.25) is 0 Å². The van der Waals surface area contributed by atoms with Gasteiger partial charge in [0, 0.05) is 16.8 Å². The summed E-state index contributed by atoms with van der Waals surface area (Å²) < 4.78 is 5.15. The van der Waals surface area contributed by atoms with Crippen LogP contribution in [-0.4, -0.2) is 12.1 Å². The Hall–Kier alpha value is -1.55. The third-order valence-electron chi connectivity index (χ3n) is 2.95. The second kappa shape index (κ2) is 6.06. The largest absolute Gasteiger partial charge is 0.497 e. The Kier molecular flexibility index (Phi) is 4.43. The van der Waals surface area contributed by atoms with Gasteiger partial charge >= 0.3 is 0 Å². The topological polar surface area (TPSA) is 34.1 Å². The summed E-state index contributed by atoms with van der Waals surface area (Å²) in [5.41, 5.74) is 1.08. The molecular formula is C15H20N2OS. The van der Waals surface area contributed by atoms with E-state index in [4.69, 9.17) is 4.74 Å². The maximum Gasteiger partial charge on any atom is 0.119 e. The van der Waals surface area contributed by atoms with Crippen LogP contribution >= 0.6 is 11.3 Å². The van der Waals surface area contributed by atoms with Gasteiger partial charge in [0.15, 0.2) is 0 Å². The van der Waals surface area contributed by atoms with Crippen LogP contribution in [0.4, 0.5) is 5.69 Å². The zero-order valence-electron chi connectivity index (χ0n) is 11.8. The first-order valence-electron chi connectivity index (χ1n) is 6.46. The molecule has 0 spiro atoms. The van der Waals surface area contributed by atoms with Crippen LogP contribution in [0.25, 0.3) is 0 Å². The van der Waals surface area contributed by atoms with Gasteiger partial charge in [-0.1, -0.05) is 13.8 Å². The molecule has 0 aliphatic rings. The highest BCUT2D eigenvalue weighted by atomic mass is 32.1. The van der Waals surface area contributed by atoms with E-state index in [9.17, 15) is 0 Å². The molecule has 0 saturated heterocycles. The first-order chi connectivity index (χ1) is 9.10. The van der Waals surface area contributed by atoms with Crippen molar-refractivity contribution in [2.75, 3.05) is 12.4 Å². The number of nitrogens with zero attached hydrogens (tertiary/aromatic N) is 1. The van der Waals surface area contributed by atoms with E-state index in [1.54, 1.807) is 18.4 Å². The van der Waals surface area contributed by atoms with Crippen molar-refractivity contribution in [1.82, 2.24) is 4.98 Å². The van der Waals surface area contributed by atoms with Gasteiger partial charge in [0.2, 0.25) is 0 Å². The highest BCUT2D eigenvalue weighted by Crippen LogP contribution is 2.28. The van der Waals surface area contributed by atoms with Crippen LogP contribution in [0.1, 0.15) is 42.6 Å². The van der Waals surface area contributed by atoms with Crippen molar-refractivity contribution in [3.63, 3.8) is 0 Å². The zero-order chi connectivity index (χ0) is 13.8. The molecule has 2 aromatic rings. The molecule has 1 aromatic heterocycles. The van der Waals surface area contributed by atoms with Gasteiger partial charge in [-0.15, -0.1) is 11.3 Å². The molecule has 102 valence electrons. The zero-order valence-corrected chi connectivity index (χ0v) is 12.6. The molecule has 0 fully saturated rings. The molecule has 1 N–H and O–H groups in total. The Balaban J connectivity index is 2.04. The minimum absolute atomic E-state index is 0.214. The predicted molar refractivity (Wildman–Crippen MR) is 81.2 cm³/mol. The van der Waals surface area contributed by atoms with Gasteiger partial charge in [0.1, 0.15) is 10.8 Å². The lowest BCUT2D eigenvalue weighted by molar-refractivity contribution is 0.415. The van der Waals surface area contributed by atoms with Gasteiger partial charge in [-0.25, -0.2) is 4.98 Å². The maximum absolute atomic E-state index is 5.15. The fourth-order valence-electron chi connectivity index (χ4n) is 1.77. The number of aromatic nitrogens is 1. The molecule has 0 unspecified atom stereocenters. The second-order valence-electron chi connectivity index (χ2n) is 4.85. The predicted octanol–water partition coefficient (Wildman–Crippen LogP) is 4.45. The molecule has 0 amide bonds. The van der Waals surface area contributed by atoms with E-state index in [0.717, 1.165) is 16.4 Å².